The second kappa shape index (κ2) is 9.11. The Morgan fingerprint density at radius 1 is 1.46 bits per heavy atom. The fourth-order valence-corrected chi connectivity index (χ4v) is 1.07. The average Bonchev–Trinajstić information content (AvgIpc) is 2.59. The topological polar surface area (TPSA) is 103 Å². The van der Waals surface area contributed by atoms with Crippen molar-refractivity contribution in [3.63, 3.8) is 0 Å². The van der Waals surface area contributed by atoms with Gasteiger partial charge < -0.3 is 21.4 Å². The molecule has 0 unspecified atom stereocenters. The van der Waals surface area contributed by atoms with Crippen molar-refractivity contribution in [3.05, 3.63) is 11.1 Å². The van der Waals surface area contributed by atoms with Gasteiger partial charge in [0.1, 0.15) is 0 Å². The number of aliphatic hydroxyl groups is 2. The van der Waals surface area contributed by atoms with Gasteiger partial charge in [0.2, 0.25) is 0 Å². The molecule has 0 fully saturated rings. The maximum absolute atomic E-state index is 7.14. The van der Waals surface area contributed by atoms with Crippen molar-refractivity contribution in [1.82, 2.24) is 4.98 Å². The van der Waals surface area contributed by atoms with E-state index in [9.17, 15) is 0 Å². The lowest BCUT2D eigenvalue weighted by Crippen LogP contribution is -1.92. The molecule has 0 aliphatic carbocycles. The zero-order valence-corrected chi connectivity index (χ0v) is 8.72. The Morgan fingerprint density at radius 2 is 1.92 bits per heavy atom. The fourth-order valence-electron chi connectivity index (χ4n) is 0.460. The predicted molar refractivity (Wildman–Crippen MR) is 55.3 cm³/mol. The van der Waals surface area contributed by atoms with Gasteiger partial charge in [-0.3, -0.25) is 0 Å². The molecule has 0 aliphatic heterocycles. The minimum Gasteiger partial charge on any atom is -0.400 e. The number of nitrogens with two attached hydrogens (primary N) is 1. The first-order valence-corrected chi connectivity index (χ1v) is 4.24. The van der Waals surface area contributed by atoms with E-state index in [4.69, 9.17) is 21.4 Å². The molecule has 0 bridgehead atoms. The number of nitrogens with zero attached hydrogens (tertiary/aromatic N) is 1. The number of nitrogens with one attached hydrogen (secondary N) is 1. The summed E-state index contributed by atoms with van der Waals surface area (Å²) in [4.78, 5) is 3.88. The molecule has 0 saturated heterocycles. The van der Waals surface area contributed by atoms with Gasteiger partial charge in [0.25, 0.3) is 0 Å². The summed E-state index contributed by atoms with van der Waals surface area (Å²) in [5.74, 6) is 0. The lowest BCUT2D eigenvalue weighted by atomic mass is 10.3. The molecule has 0 radical (unpaired) electrons. The maximum atomic E-state index is 7.14. The first kappa shape index (κ1) is 14.5. The number of rotatable bonds is 1. The van der Waals surface area contributed by atoms with E-state index < -0.39 is 0 Å². The van der Waals surface area contributed by atoms with Gasteiger partial charge in [-0.25, -0.2) is 4.98 Å². The van der Waals surface area contributed by atoms with Crippen molar-refractivity contribution in [2.24, 2.45) is 0 Å². The highest BCUT2D eigenvalue weighted by atomic mass is 32.1. The van der Waals surface area contributed by atoms with E-state index >= 15 is 0 Å². The van der Waals surface area contributed by atoms with Gasteiger partial charge in [0.15, 0.2) is 5.13 Å². The number of anilines is 1. The van der Waals surface area contributed by atoms with Crippen molar-refractivity contribution >= 4 is 22.2 Å². The quantitative estimate of drug-likeness (QED) is 0.496. The van der Waals surface area contributed by atoms with Crippen molar-refractivity contribution < 1.29 is 10.2 Å². The van der Waals surface area contributed by atoms with E-state index in [2.05, 4.69) is 4.98 Å². The van der Waals surface area contributed by atoms with Gasteiger partial charge in [-0.1, -0.05) is 0 Å². The highest BCUT2D eigenvalue weighted by molar-refractivity contribution is 7.13. The monoisotopic (exact) mass is 205 g/mol. The number of aliphatic hydroxyl groups excluding tert-OH is 2. The van der Waals surface area contributed by atoms with Crippen LogP contribution in [0.2, 0.25) is 0 Å². The second-order valence-corrected chi connectivity index (χ2v) is 2.59. The second-order valence-electron chi connectivity index (χ2n) is 1.70. The average molecular weight is 205 g/mol. The van der Waals surface area contributed by atoms with E-state index in [1.54, 1.807) is 12.3 Å². The highest BCUT2D eigenvalue weighted by Gasteiger charge is 1.97. The summed E-state index contributed by atoms with van der Waals surface area (Å²) in [5, 5.41) is 23.4. The Morgan fingerprint density at radius 3 is 2.08 bits per heavy atom. The summed E-state index contributed by atoms with van der Waals surface area (Å²) < 4.78 is 0. The molecule has 76 valence electrons. The molecule has 0 saturated carbocycles. The van der Waals surface area contributed by atoms with Gasteiger partial charge in [-0.15, -0.1) is 11.3 Å². The lowest BCUT2D eigenvalue weighted by Gasteiger charge is -1.84. The van der Waals surface area contributed by atoms with Crippen LogP contribution >= 0.6 is 11.3 Å². The fraction of sp³-hybridized carbons (Fsp3) is 0.429. The van der Waals surface area contributed by atoms with Gasteiger partial charge in [0.05, 0.1) is 11.4 Å². The Hall–Kier alpha value is -0.980. The van der Waals surface area contributed by atoms with Crippen molar-refractivity contribution in [2.45, 2.75) is 6.92 Å². The molecule has 0 aromatic carbocycles. The molecule has 5 N–H and O–H groups in total. The summed E-state index contributed by atoms with van der Waals surface area (Å²) in [5.41, 5.74) is 6.47. The van der Waals surface area contributed by atoms with Crippen LogP contribution in [0, 0.1) is 5.41 Å². The molecule has 0 atom stereocenters. The van der Waals surface area contributed by atoms with Gasteiger partial charge in [-0.2, -0.15) is 0 Å². The maximum Gasteiger partial charge on any atom is 0.180 e. The number of nitrogen functional groups attached to an aromatic ring is 1. The zero-order valence-electron chi connectivity index (χ0n) is 7.90. The van der Waals surface area contributed by atoms with Crippen molar-refractivity contribution in [1.29, 1.82) is 5.41 Å². The Balaban J connectivity index is 0. The van der Waals surface area contributed by atoms with E-state index in [0.717, 1.165) is 14.2 Å². The normalized spacial score (nSPS) is 7.46. The summed E-state index contributed by atoms with van der Waals surface area (Å²) in [6.07, 6.45) is 0. The number of thiazole rings is 1. The van der Waals surface area contributed by atoms with Gasteiger partial charge in [-0.05, 0) is 6.92 Å². The molecule has 1 aromatic rings. The largest absolute Gasteiger partial charge is 0.400 e. The number of hydrogen-bond acceptors (Lipinski definition) is 6. The Labute approximate surface area is 81.4 Å². The minimum atomic E-state index is 0.461. The van der Waals surface area contributed by atoms with Crippen LogP contribution in [0.15, 0.2) is 5.38 Å². The van der Waals surface area contributed by atoms with Gasteiger partial charge in [0, 0.05) is 19.6 Å². The highest BCUT2D eigenvalue weighted by Crippen LogP contribution is 2.10. The summed E-state index contributed by atoms with van der Waals surface area (Å²) >= 11 is 1.36. The van der Waals surface area contributed by atoms with E-state index in [1.165, 1.54) is 11.3 Å². The number of hydrogen-bond donors (Lipinski definition) is 4. The molecule has 0 amide bonds. The van der Waals surface area contributed by atoms with Crippen LogP contribution in [0.25, 0.3) is 0 Å². The molecule has 0 spiro atoms. The van der Waals surface area contributed by atoms with Crippen LogP contribution < -0.4 is 5.73 Å². The predicted octanol–water partition coefficient (Wildman–Crippen LogP) is 0.330. The third-order valence-corrected chi connectivity index (χ3v) is 1.58. The standard InChI is InChI=1S/C5H7N3S.2CH4O/c1-3(6)4-2-9-5(7)8-4;2*1-2/h2,6H,1H3,(H2,7,8);2*2H,1H3. The molecule has 6 heteroatoms. The summed E-state index contributed by atoms with van der Waals surface area (Å²) in [6, 6.07) is 0. The van der Waals surface area contributed by atoms with Crippen LogP contribution in [0.1, 0.15) is 12.6 Å². The summed E-state index contributed by atoms with van der Waals surface area (Å²) in [7, 11) is 2.00. The molecular weight excluding hydrogens is 190 g/mol. The van der Waals surface area contributed by atoms with E-state index in [-0.39, 0.29) is 0 Å². The molecule has 0 aliphatic rings. The van der Waals surface area contributed by atoms with Crippen LogP contribution in [0.4, 0.5) is 5.13 Å². The third kappa shape index (κ3) is 6.21. The minimum absolute atomic E-state index is 0.461. The first-order valence-electron chi connectivity index (χ1n) is 3.36. The van der Waals surface area contributed by atoms with Crippen molar-refractivity contribution in [2.75, 3.05) is 20.0 Å². The molecule has 1 rings (SSSR count). The zero-order chi connectivity index (χ0) is 10.9. The first-order chi connectivity index (χ1) is 6.20. The van der Waals surface area contributed by atoms with E-state index in [1.807, 2.05) is 0 Å². The molecule has 1 heterocycles. The molecule has 13 heavy (non-hydrogen) atoms. The smallest absolute Gasteiger partial charge is 0.180 e. The summed E-state index contributed by atoms with van der Waals surface area (Å²) in [6.45, 7) is 1.69. The Bertz CT molecular complexity index is 237. The van der Waals surface area contributed by atoms with E-state index in [0.29, 0.717) is 16.5 Å². The third-order valence-electron chi connectivity index (χ3n) is 0.906. The van der Waals surface area contributed by atoms with Crippen molar-refractivity contribution in [3.8, 4) is 0 Å². The number of aromatic nitrogens is 1. The lowest BCUT2D eigenvalue weighted by molar-refractivity contribution is 0.399. The van der Waals surface area contributed by atoms with Crippen LogP contribution in [0.5, 0.6) is 0 Å². The molecule has 5 nitrogen and oxygen atoms in total. The van der Waals surface area contributed by atoms with Crippen LogP contribution in [-0.4, -0.2) is 35.1 Å². The molecular formula is C7H15N3O2S. The van der Waals surface area contributed by atoms with Gasteiger partial charge >= 0.3 is 0 Å². The SMILES string of the molecule is CC(=N)c1csc(N)n1.CO.CO. The molecule has 1 aromatic heterocycles. The Kier molecular flexibility index (Phi) is 10.2. The van der Waals surface area contributed by atoms with Crippen LogP contribution in [-0.2, 0) is 0 Å². The van der Waals surface area contributed by atoms with Crippen LogP contribution in [0.3, 0.4) is 0 Å².